The maximum atomic E-state index is 11.0. The Morgan fingerprint density at radius 1 is 1.11 bits per heavy atom. The Labute approximate surface area is 166 Å². The Kier molecular flexibility index (Phi) is 6.31. The van der Waals surface area contributed by atoms with E-state index in [0.29, 0.717) is 17.3 Å². The van der Waals surface area contributed by atoms with Gasteiger partial charge in [0.25, 0.3) is 0 Å². The van der Waals surface area contributed by atoms with Gasteiger partial charge in [-0.25, -0.2) is 9.78 Å². The SMILES string of the molecule is N=C(/C(=C\Nc1nc(C(=O)O)cs1)Cc1ccc(CO)cc1)c1ccccc1. The van der Waals surface area contributed by atoms with E-state index in [0.717, 1.165) is 22.3 Å². The molecule has 7 heteroatoms. The van der Waals surface area contributed by atoms with Crippen molar-refractivity contribution < 1.29 is 15.0 Å². The number of rotatable bonds is 8. The van der Waals surface area contributed by atoms with Gasteiger partial charge in [0.15, 0.2) is 10.8 Å². The number of nitrogens with one attached hydrogen (secondary N) is 2. The molecule has 0 fully saturated rings. The molecular formula is C21H19N3O3S. The third-order valence-corrected chi connectivity index (χ3v) is 4.85. The molecule has 0 atom stereocenters. The molecule has 0 bridgehead atoms. The van der Waals surface area contributed by atoms with Crippen LogP contribution in [0.3, 0.4) is 0 Å². The van der Waals surface area contributed by atoms with Crippen molar-refractivity contribution in [3.05, 3.63) is 94.1 Å². The molecule has 4 N–H and O–H groups in total. The van der Waals surface area contributed by atoms with Gasteiger partial charge in [0, 0.05) is 18.0 Å². The van der Waals surface area contributed by atoms with Gasteiger partial charge in [-0.3, -0.25) is 5.41 Å². The molecule has 1 aromatic heterocycles. The van der Waals surface area contributed by atoms with E-state index in [9.17, 15) is 9.90 Å². The first-order valence-corrected chi connectivity index (χ1v) is 9.42. The summed E-state index contributed by atoms with van der Waals surface area (Å²) >= 11 is 1.19. The third kappa shape index (κ3) is 4.91. The highest BCUT2D eigenvalue weighted by Crippen LogP contribution is 2.19. The molecule has 2 aromatic carbocycles. The average molecular weight is 393 g/mol. The summed E-state index contributed by atoms with van der Waals surface area (Å²) in [5, 5.41) is 31.7. The van der Waals surface area contributed by atoms with Crippen LogP contribution in [0.4, 0.5) is 5.13 Å². The molecule has 28 heavy (non-hydrogen) atoms. The van der Waals surface area contributed by atoms with E-state index in [1.54, 1.807) is 6.20 Å². The summed E-state index contributed by atoms with van der Waals surface area (Å²) < 4.78 is 0. The quantitative estimate of drug-likeness (QED) is 0.434. The summed E-state index contributed by atoms with van der Waals surface area (Å²) in [6.07, 6.45) is 2.20. The first kappa shape index (κ1) is 19.5. The number of carboxylic acid groups (broad SMARTS) is 1. The smallest absolute Gasteiger partial charge is 0.355 e. The van der Waals surface area contributed by atoms with Gasteiger partial charge in [0.05, 0.1) is 12.3 Å². The summed E-state index contributed by atoms with van der Waals surface area (Å²) in [6.45, 7) is -0.0136. The van der Waals surface area contributed by atoms with Crippen LogP contribution in [-0.2, 0) is 13.0 Å². The number of allylic oxidation sites excluding steroid dienone is 1. The molecule has 0 saturated carbocycles. The van der Waals surface area contributed by atoms with Crippen molar-refractivity contribution in [2.24, 2.45) is 0 Å². The zero-order valence-corrected chi connectivity index (χ0v) is 15.7. The fourth-order valence-corrected chi connectivity index (χ4v) is 3.23. The molecule has 0 radical (unpaired) electrons. The monoisotopic (exact) mass is 393 g/mol. The number of carboxylic acids is 1. The lowest BCUT2D eigenvalue weighted by molar-refractivity contribution is 0.0691. The van der Waals surface area contributed by atoms with E-state index in [2.05, 4.69) is 10.3 Å². The minimum Gasteiger partial charge on any atom is -0.476 e. The number of benzene rings is 2. The maximum absolute atomic E-state index is 11.0. The predicted octanol–water partition coefficient (Wildman–Crippen LogP) is 3.94. The van der Waals surface area contributed by atoms with E-state index >= 15 is 0 Å². The van der Waals surface area contributed by atoms with Gasteiger partial charge in [-0.1, -0.05) is 54.6 Å². The minimum absolute atomic E-state index is 0.0136. The number of aromatic nitrogens is 1. The normalized spacial score (nSPS) is 11.2. The molecule has 0 saturated heterocycles. The summed E-state index contributed by atoms with van der Waals surface area (Å²) in [5.41, 5.74) is 3.70. The van der Waals surface area contributed by atoms with Crippen LogP contribution in [0.1, 0.15) is 27.2 Å². The summed E-state index contributed by atoms with van der Waals surface area (Å²) in [6, 6.07) is 16.9. The minimum atomic E-state index is -1.07. The lowest BCUT2D eigenvalue weighted by atomic mass is 9.96. The molecule has 0 spiro atoms. The van der Waals surface area contributed by atoms with E-state index in [4.69, 9.17) is 10.5 Å². The molecule has 0 aliphatic rings. The fraction of sp³-hybridized carbons (Fsp3) is 0.0952. The lowest BCUT2D eigenvalue weighted by Gasteiger charge is -2.11. The van der Waals surface area contributed by atoms with Crippen LogP contribution >= 0.6 is 11.3 Å². The van der Waals surface area contributed by atoms with Gasteiger partial charge in [-0.05, 0) is 22.3 Å². The zero-order chi connectivity index (χ0) is 19.9. The second kappa shape index (κ2) is 9.07. The molecule has 3 rings (SSSR count). The van der Waals surface area contributed by atoms with E-state index in [1.165, 1.54) is 16.7 Å². The second-order valence-corrected chi connectivity index (χ2v) is 6.91. The van der Waals surface area contributed by atoms with Crippen molar-refractivity contribution in [3.8, 4) is 0 Å². The van der Waals surface area contributed by atoms with Gasteiger partial charge >= 0.3 is 5.97 Å². The Morgan fingerprint density at radius 3 is 2.39 bits per heavy atom. The Morgan fingerprint density at radius 2 is 1.79 bits per heavy atom. The first-order valence-electron chi connectivity index (χ1n) is 8.54. The average Bonchev–Trinajstić information content (AvgIpc) is 3.21. The van der Waals surface area contributed by atoms with E-state index in [-0.39, 0.29) is 12.3 Å². The molecule has 0 unspecified atom stereocenters. The summed E-state index contributed by atoms with van der Waals surface area (Å²) in [5.74, 6) is -1.07. The fourth-order valence-electron chi connectivity index (χ4n) is 2.57. The Bertz CT molecular complexity index is 995. The van der Waals surface area contributed by atoms with Gasteiger partial charge < -0.3 is 15.5 Å². The molecule has 0 aliphatic heterocycles. The third-order valence-electron chi connectivity index (χ3n) is 4.08. The number of aliphatic hydroxyl groups is 1. The number of aliphatic hydroxyl groups excluding tert-OH is 1. The van der Waals surface area contributed by atoms with E-state index < -0.39 is 5.97 Å². The van der Waals surface area contributed by atoms with Crippen LogP contribution in [-0.4, -0.2) is 26.9 Å². The van der Waals surface area contributed by atoms with Crippen LogP contribution in [0.25, 0.3) is 0 Å². The Balaban J connectivity index is 1.86. The second-order valence-electron chi connectivity index (χ2n) is 6.05. The van der Waals surface area contributed by atoms with Gasteiger partial charge in [0.1, 0.15) is 0 Å². The molecular weight excluding hydrogens is 374 g/mol. The first-order chi connectivity index (χ1) is 13.6. The van der Waals surface area contributed by atoms with Gasteiger partial charge in [-0.15, -0.1) is 11.3 Å². The summed E-state index contributed by atoms with van der Waals surface area (Å²) in [4.78, 5) is 15.0. The molecule has 6 nitrogen and oxygen atoms in total. The number of anilines is 1. The highest BCUT2D eigenvalue weighted by Gasteiger charge is 2.11. The van der Waals surface area contributed by atoms with Crippen molar-refractivity contribution in [1.82, 2.24) is 4.98 Å². The van der Waals surface area contributed by atoms with Crippen molar-refractivity contribution >= 4 is 28.1 Å². The van der Waals surface area contributed by atoms with Crippen LogP contribution in [0.2, 0.25) is 0 Å². The zero-order valence-electron chi connectivity index (χ0n) is 14.9. The number of aromatic carboxylic acids is 1. The van der Waals surface area contributed by atoms with Crippen molar-refractivity contribution in [1.29, 1.82) is 5.41 Å². The van der Waals surface area contributed by atoms with Crippen LogP contribution in [0.15, 0.2) is 71.8 Å². The van der Waals surface area contributed by atoms with Crippen molar-refractivity contribution in [2.45, 2.75) is 13.0 Å². The molecule has 1 heterocycles. The topological polar surface area (TPSA) is 106 Å². The number of hydrogen-bond acceptors (Lipinski definition) is 6. The van der Waals surface area contributed by atoms with Crippen LogP contribution in [0.5, 0.6) is 0 Å². The standard InChI is InChI=1S/C21H19N3O3S/c22-19(16-4-2-1-3-5-16)17(10-14-6-8-15(12-25)9-7-14)11-23-21-24-18(13-28-21)20(26)27/h1-9,11,13,22,25H,10,12H2,(H,23,24)(H,26,27)/b17-11-,22-19?. The molecule has 0 amide bonds. The van der Waals surface area contributed by atoms with Gasteiger partial charge in [-0.2, -0.15) is 0 Å². The number of nitrogens with zero attached hydrogens (tertiary/aromatic N) is 1. The van der Waals surface area contributed by atoms with Gasteiger partial charge in [0.2, 0.25) is 0 Å². The largest absolute Gasteiger partial charge is 0.476 e. The van der Waals surface area contributed by atoms with Crippen LogP contribution < -0.4 is 5.32 Å². The van der Waals surface area contributed by atoms with E-state index in [1.807, 2.05) is 54.6 Å². The number of carbonyl (C=O) groups is 1. The molecule has 0 aliphatic carbocycles. The van der Waals surface area contributed by atoms with Crippen LogP contribution in [0, 0.1) is 5.41 Å². The Hall–Kier alpha value is -3.29. The lowest BCUT2D eigenvalue weighted by Crippen LogP contribution is -2.09. The summed E-state index contributed by atoms with van der Waals surface area (Å²) in [7, 11) is 0. The maximum Gasteiger partial charge on any atom is 0.355 e. The highest BCUT2D eigenvalue weighted by atomic mass is 32.1. The van der Waals surface area contributed by atoms with Crippen molar-refractivity contribution in [3.63, 3.8) is 0 Å². The predicted molar refractivity (Wildman–Crippen MR) is 110 cm³/mol. The molecule has 142 valence electrons. The molecule has 3 aromatic rings. The van der Waals surface area contributed by atoms with Crippen molar-refractivity contribution in [2.75, 3.05) is 5.32 Å². The number of hydrogen-bond donors (Lipinski definition) is 4. The highest BCUT2D eigenvalue weighted by molar-refractivity contribution is 7.13. The number of thiazole rings is 1.